The van der Waals surface area contributed by atoms with Crippen LogP contribution in [0.4, 0.5) is 0 Å². The van der Waals surface area contributed by atoms with Crippen LogP contribution in [0.2, 0.25) is 0 Å². The summed E-state index contributed by atoms with van der Waals surface area (Å²) in [4.78, 5) is 11.1. The Bertz CT molecular complexity index is 182. The van der Waals surface area contributed by atoms with Gasteiger partial charge >= 0.3 is 0 Å². The predicted molar refractivity (Wildman–Crippen MR) is 43.4 cm³/mol. The van der Waals surface area contributed by atoms with Gasteiger partial charge in [0.25, 0.3) is 0 Å². The van der Waals surface area contributed by atoms with E-state index in [-0.39, 0.29) is 17.5 Å². The lowest BCUT2D eigenvalue weighted by molar-refractivity contribution is -0.142. The van der Waals surface area contributed by atoms with Gasteiger partial charge in [-0.15, -0.1) is 6.58 Å². The summed E-state index contributed by atoms with van der Waals surface area (Å²) in [7, 11) is 0. The summed E-state index contributed by atoms with van der Waals surface area (Å²) in [6.07, 6.45) is 2.63. The van der Waals surface area contributed by atoms with Crippen molar-refractivity contribution in [2.24, 2.45) is 0 Å². The molecule has 0 aromatic carbocycles. The van der Waals surface area contributed by atoms with E-state index in [2.05, 4.69) is 6.58 Å². The van der Waals surface area contributed by atoms with E-state index in [1.807, 2.05) is 13.8 Å². The lowest BCUT2D eigenvalue weighted by Gasteiger charge is -2.33. The van der Waals surface area contributed by atoms with Gasteiger partial charge in [-0.05, 0) is 13.8 Å². The SMILES string of the molecule is C=C[C@@H]1CC(=O)CC(C)(C)O1. The number of Topliss-reactive ketones (excluding diaryl/α,β-unsaturated/α-hetero) is 1. The molecule has 0 bridgehead atoms. The van der Waals surface area contributed by atoms with E-state index in [1.165, 1.54) is 0 Å². The number of ketones is 1. The molecule has 0 saturated carbocycles. The monoisotopic (exact) mass is 154 g/mol. The molecule has 0 radical (unpaired) electrons. The first-order chi connectivity index (χ1) is 5.03. The topological polar surface area (TPSA) is 26.3 Å². The van der Waals surface area contributed by atoms with Crippen molar-refractivity contribution in [2.75, 3.05) is 0 Å². The van der Waals surface area contributed by atoms with Crippen LogP contribution in [0, 0.1) is 0 Å². The highest BCUT2D eigenvalue weighted by molar-refractivity contribution is 5.80. The maximum atomic E-state index is 11.1. The number of hydrogen-bond donors (Lipinski definition) is 0. The quantitative estimate of drug-likeness (QED) is 0.537. The Morgan fingerprint density at radius 2 is 2.36 bits per heavy atom. The molecule has 0 amide bonds. The number of carbonyl (C=O) groups excluding carboxylic acids is 1. The minimum atomic E-state index is -0.297. The second-order valence-electron chi connectivity index (χ2n) is 3.57. The molecule has 0 aromatic heterocycles. The summed E-state index contributed by atoms with van der Waals surface area (Å²) in [6, 6.07) is 0. The predicted octanol–water partition coefficient (Wildman–Crippen LogP) is 1.70. The highest BCUT2D eigenvalue weighted by atomic mass is 16.5. The maximum Gasteiger partial charge on any atom is 0.138 e. The summed E-state index contributed by atoms with van der Waals surface area (Å²) in [6.45, 7) is 7.47. The van der Waals surface area contributed by atoms with Crippen molar-refractivity contribution in [1.82, 2.24) is 0 Å². The number of hydrogen-bond acceptors (Lipinski definition) is 2. The van der Waals surface area contributed by atoms with Crippen LogP contribution in [0.25, 0.3) is 0 Å². The third-order valence-electron chi connectivity index (χ3n) is 1.79. The van der Waals surface area contributed by atoms with Crippen LogP contribution in [0.1, 0.15) is 26.7 Å². The Morgan fingerprint density at radius 3 is 2.82 bits per heavy atom. The van der Waals surface area contributed by atoms with Crippen LogP contribution in [-0.2, 0) is 9.53 Å². The van der Waals surface area contributed by atoms with Gasteiger partial charge in [0.1, 0.15) is 5.78 Å². The molecule has 1 fully saturated rings. The first kappa shape index (κ1) is 8.47. The van der Waals surface area contributed by atoms with Crippen molar-refractivity contribution >= 4 is 5.78 Å². The fourth-order valence-corrected chi connectivity index (χ4v) is 1.40. The van der Waals surface area contributed by atoms with Gasteiger partial charge in [-0.25, -0.2) is 0 Å². The first-order valence-electron chi connectivity index (χ1n) is 3.85. The van der Waals surface area contributed by atoms with E-state index in [9.17, 15) is 4.79 Å². The molecule has 1 saturated heterocycles. The molecule has 1 aliphatic heterocycles. The molecule has 1 rings (SSSR count). The van der Waals surface area contributed by atoms with Gasteiger partial charge in [-0.1, -0.05) is 6.08 Å². The van der Waals surface area contributed by atoms with Crippen LogP contribution in [0.5, 0.6) is 0 Å². The Labute approximate surface area is 67.2 Å². The van der Waals surface area contributed by atoms with Crippen molar-refractivity contribution < 1.29 is 9.53 Å². The minimum absolute atomic E-state index is 0.0775. The summed E-state index contributed by atoms with van der Waals surface area (Å²) < 4.78 is 5.55. The van der Waals surface area contributed by atoms with E-state index in [1.54, 1.807) is 6.08 Å². The van der Waals surface area contributed by atoms with E-state index in [0.717, 1.165) is 0 Å². The lowest BCUT2D eigenvalue weighted by Crippen LogP contribution is -2.38. The van der Waals surface area contributed by atoms with Gasteiger partial charge in [0.05, 0.1) is 11.7 Å². The number of carbonyl (C=O) groups is 1. The molecular weight excluding hydrogens is 140 g/mol. The first-order valence-corrected chi connectivity index (χ1v) is 3.85. The largest absolute Gasteiger partial charge is 0.367 e. The van der Waals surface area contributed by atoms with Crippen molar-refractivity contribution in [1.29, 1.82) is 0 Å². The Morgan fingerprint density at radius 1 is 1.73 bits per heavy atom. The molecule has 0 unspecified atom stereocenters. The van der Waals surface area contributed by atoms with E-state index >= 15 is 0 Å². The van der Waals surface area contributed by atoms with Crippen molar-refractivity contribution in [2.45, 2.75) is 38.4 Å². The van der Waals surface area contributed by atoms with Crippen molar-refractivity contribution in [3.05, 3.63) is 12.7 Å². The molecule has 1 aliphatic rings. The van der Waals surface area contributed by atoms with Gasteiger partial charge in [-0.2, -0.15) is 0 Å². The third kappa shape index (κ3) is 2.15. The molecular formula is C9H14O2. The summed E-state index contributed by atoms with van der Waals surface area (Å²) in [5.74, 6) is 0.270. The van der Waals surface area contributed by atoms with Gasteiger partial charge in [-0.3, -0.25) is 4.79 Å². The zero-order chi connectivity index (χ0) is 8.48. The molecule has 62 valence electrons. The third-order valence-corrected chi connectivity index (χ3v) is 1.79. The van der Waals surface area contributed by atoms with Crippen LogP contribution in [0.3, 0.4) is 0 Å². The van der Waals surface area contributed by atoms with Crippen LogP contribution < -0.4 is 0 Å². The smallest absolute Gasteiger partial charge is 0.138 e. The number of rotatable bonds is 1. The zero-order valence-corrected chi connectivity index (χ0v) is 7.09. The molecule has 1 heterocycles. The van der Waals surface area contributed by atoms with Crippen LogP contribution in [-0.4, -0.2) is 17.5 Å². The summed E-state index contributed by atoms with van der Waals surface area (Å²) in [5, 5.41) is 0. The molecule has 2 heteroatoms. The van der Waals surface area contributed by atoms with Gasteiger partial charge in [0, 0.05) is 12.8 Å². The minimum Gasteiger partial charge on any atom is -0.367 e. The van der Waals surface area contributed by atoms with Crippen molar-refractivity contribution in [3.63, 3.8) is 0 Å². The Balaban J connectivity index is 2.65. The molecule has 2 nitrogen and oxygen atoms in total. The van der Waals surface area contributed by atoms with Crippen LogP contribution >= 0.6 is 0 Å². The maximum absolute atomic E-state index is 11.1. The molecule has 0 aromatic rings. The second kappa shape index (κ2) is 2.78. The van der Waals surface area contributed by atoms with Gasteiger partial charge < -0.3 is 4.74 Å². The summed E-state index contributed by atoms with van der Waals surface area (Å²) in [5.41, 5.74) is -0.297. The van der Waals surface area contributed by atoms with E-state index in [0.29, 0.717) is 12.8 Å². The van der Waals surface area contributed by atoms with Crippen molar-refractivity contribution in [3.8, 4) is 0 Å². The highest BCUT2D eigenvalue weighted by Crippen LogP contribution is 2.25. The van der Waals surface area contributed by atoms with E-state index in [4.69, 9.17) is 4.74 Å². The van der Waals surface area contributed by atoms with Gasteiger partial charge in [0.15, 0.2) is 0 Å². The normalized spacial score (nSPS) is 30.0. The van der Waals surface area contributed by atoms with Crippen LogP contribution in [0.15, 0.2) is 12.7 Å². The fourth-order valence-electron chi connectivity index (χ4n) is 1.40. The highest BCUT2D eigenvalue weighted by Gasteiger charge is 2.31. The number of ether oxygens (including phenoxy) is 1. The molecule has 0 aliphatic carbocycles. The standard InChI is InChI=1S/C9H14O2/c1-4-8-5-7(10)6-9(2,3)11-8/h4,8H,1,5-6H2,2-3H3/t8-/m1/s1. The lowest BCUT2D eigenvalue weighted by atomic mass is 9.94. The average molecular weight is 154 g/mol. The Hall–Kier alpha value is -0.630. The Kier molecular flexibility index (Phi) is 2.14. The van der Waals surface area contributed by atoms with E-state index < -0.39 is 0 Å². The molecule has 0 spiro atoms. The zero-order valence-electron chi connectivity index (χ0n) is 7.09. The average Bonchev–Trinajstić information content (AvgIpc) is 1.83. The summed E-state index contributed by atoms with van der Waals surface area (Å²) >= 11 is 0. The van der Waals surface area contributed by atoms with Gasteiger partial charge in [0.2, 0.25) is 0 Å². The molecule has 0 N–H and O–H groups in total. The fraction of sp³-hybridized carbons (Fsp3) is 0.667. The molecule has 11 heavy (non-hydrogen) atoms. The second-order valence-corrected chi connectivity index (χ2v) is 3.57. The molecule has 1 atom stereocenters.